The number of sulfonamides is 1. The van der Waals surface area contributed by atoms with Crippen LogP contribution < -0.4 is 20.9 Å². The maximum absolute atomic E-state index is 15.4. The van der Waals surface area contributed by atoms with Gasteiger partial charge >= 0.3 is 0 Å². The molecule has 182 valence electrons. The van der Waals surface area contributed by atoms with E-state index in [1.165, 1.54) is 13.2 Å². The van der Waals surface area contributed by atoms with E-state index in [4.69, 9.17) is 16.2 Å². The van der Waals surface area contributed by atoms with Crippen LogP contribution in [-0.2, 0) is 10.0 Å². The van der Waals surface area contributed by atoms with Gasteiger partial charge in [0.2, 0.25) is 10.0 Å². The number of rotatable bonds is 7. The third-order valence-corrected chi connectivity index (χ3v) is 6.92. The van der Waals surface area contributed by atoms with E-state index in [1.54, 1.807) is 37.4 Å². The lowest BCUT2D eigenvalue weighted by atomic mass is 10.0. The number of nitrogen functional groups attached to an aromatic ring is 2. The number of aromatic nitrogens is 3. The summed E-state index contributed by atoms with van der Waals surface area (Å²) >= 11 is 0. The van der Waals surface area contributed by atoms with Crippen molar-refractivity contribution in [3.63, 3.8) is 0 Å². The molecule has 5 N–H and O–H groups in total. The number of aryl methyl sites for hydroxylation is 1. The number of pyridine rings is 1. The molecule has 4 aromatic rings. The minimum atomic E-state index is -3.66. The van der Waals surface area contributed by atoms with Crippen molar-refractivity contribution in [3.05, 3.63) is 54.0 Å². The van der Waals surface area contributed by atoms with Crippen molar-refractivity contribution in [3.8, 4) is 28.3 Å². The zero-order chi connectivity index (χ0) is 25.3. The lowest BCUT2D eigenvalue weighted by molar-refractivity contribution is 0.419. The van der Waals surface area contributed by atoms with E-state index >= 15 is 4.39 Å². The summed E-state index contributed by atoms with van der Waals surface area (Å²) in [5, 5.41) is 0.458. The zero-order valence-electron chi connectivity index (χ0n) is 19.5. The van der Waals surface area contributed by atoms with Gasteiger partial charge in [-0.2, -0.15) is 0 Å². The molecular formula is C24H25FN6O3S. The molecule has 11 heteroatoms. The molecule has 0 aliphatic heterocycles. The highest BCUT2D eigenvalue weighted by Gasteiger charge is 2.19. The fourth-order valence-electron chi connectivity index (χ4n) is 3.69. The van der Waals surface area contributed by atoms with Gasteiger partial charge < -0.3 is 16.2 Å². The largest absolute Gasteiger partial charge is 0.494 e. The van der Waals surface area contributed by atoms with Crippen LogP contribution in [0.25, 0.3) is 33.4 Å². The molecule has 0 fully saturated rings. The molecule has 0 amide bonds. The van der Waals surface area contributed by atoms with Crippen LogP contribution in [0.2, 0.25) is 0 Å². The zero-order valence-corrected chi connectivity index (χ0v) is 20.3. The molecule has 0 spiro atoms. The van der Waals surface area contributed by atoms with E-state index < -0.39 is 15.8 Å². The van der Waals surface area contributed by atoms with E-state index in [2.05, 4.69) is 19.7 Å². The van der Waals surface area contributed by atoms with Gasteiger partial charge in [0, 0.05) is 22.7 Å². The van der Waals surface area contributed by atoms with Crippen molar-refractivity contribution < 1.29 is 17.5 Å². The van der Waals surface area contributed by atoms with Crippen molar-refractivity contribution in [2.24, 2.45) is 0 Å². The third kappa shape index (κ3) is 4.80. The monoisotopic (exact) mass is 496 g/mol. The second kappa shape index (κ2) is 9.34. The topological polar surface area (TPSA) is 146 Å². The van der Waals surface area contributed by atoms with E-state index in [1.807, 2.05) is 13.0 Å². The Balaban J connectivity index is 1.85. The highest BCUT2D eigenvalue weighted by Crippen LogP contribution is 2.37. The van der Waals surface area contributed by atoms with Crippen molar-refractivity contribution in [2.45, 2.75) is 20.3 Å². The van der Waals surface area contributed by atoms with Crippen LogP contribution in [0.3, 0.4) is 0 Å². The molecule has 0 saturated heterocycles. The molecule has 0 atom stereocenters. The maximum Gasteiger partial charge on any atom is 0.232 e. The summed E-state index contributed by atoms with van der Waals surface area (Å²) in [4.78, 5) is 13.2. The number of nitrogens with one attached hydrogen (secondary N) is 1. The molecule has 2 aromatic carbocycles. The Morgan fingerprint density at radius 1 is 1.09 bits per heavy atom. The molecular weight excluding hydrogens is 471 g/mol. The number of fused-ring (bicyclic) bond motifs is 1. The molecule has 2 heterocycles. The molecule has 2 aromatic heterocycles. The van der Waals surface area contributed by atoms with Gasteiger partial charge in [0.25, 0.3) is 0 Å². The Labute approximate surface area is 202 Å². The van der Waals surface area contributed by atoms with Crippen LogP contribution in [0, 0.1) is 12.7 Å². The first kappa shape index (κ1) is 24.1. The number of methoxy groups -OCH3 is 1. The van der Waals surface area contributed by atoms with Crippen LogP contribution >= 0.6 is 0 Å². The van der Waals surface area contributed by atoms with Gasteiger partial charge in [-0.1, -0.05) is 19.1 Å². The average Bonchev–Trinajstić information content (AvgIpc) is 2.81. The molecule has 0 aliphatic carbocycles. The maximum atomic E-state index is 15.4. The fraction of sp³-hybridized carbons (Fsp3) is 0.208. The molecule has 35 heavy (non-hydrogen) atoms. The number of halogens is 1. The normalized spacial score (nSPS) is 11.5. The quantitative estimate of drug-likeness (QED) is 0.346. The van der Waals surface area contributed by atoms with Crippen molar-refractivity contribution in [2.75, 3.05) is 29.1 Å². The van der Waals surface area contributed by atoms with Gasteiger partial charge in [0.05, 0.1) is 18.6 Å². The van der Waals surface area contributed by atoms with Gasteiger partial charge in [0.1, 0.15) is 22.9 Å². The van der Waals surface area contributed by atoms with Gasteiger partial charge in [-0.05, 0) is 48.7 Å². The molecule has 9 nitrogen and oxygen atoms in total. The standard InChI is InChI=1S/C24H25FN6O3S/c1-4-8-35(32,33)31-18-7-5-6-16(20(18)25)14-10-17-21(19(11-14)34-3)29-24(30-23(17)27)15-9-13(2)22(26)28-12-15/h5-7,9-12,31H,4,8H2,1-3H3,(H2,26,28)(H2,27,29,30). The highest BCUT2D eigenvalue weighted by atomic mass is 32.2. The first-order valence-corrected chi connectivity index (χ1v) is 12.5. The highest BCUT2D eigenvalue weighted by molar-refractivity contribution is 7.92. The summed E-state index contributed by atoms with van der Waals surface area (Å²) in [7, 11) is -2.20. The van der Waals surface area contributed by atoms with E-state index in [0.717, 1.165) is 5.56 Å². The summed E-state index contributed by atoms with van der Waals surface area (Å²) < 4.78 is 47.6. The van der Waals surface area contributed by atoms with Gasteiger partial charge in [0.15, 0.2) is 11.6 Å². The molecule has 4 rings (SSSR count). The van der Waals surface area contributed by atoms with E-state index in [0.29, 0.717) is 45.8 Å². The Bertz CT molecular complexity index is 1540. The molecule has 0 unspecified atom stereocenters. The summed E-state index contributed by atoms with van der Waals surface area (Å²) in [6, 6.07) is 9.56. The smallest absolute Gasteiger partial charge is 0.232 e. The number of nitrogens with two attached hydrogens (primary N) is 2. The summed E-state index contributed by atoms with van der Waals surface area (Å²) in [5.74, 6) is 0.443. The van der Waals surface area contributed by atoms with Crippen molar-refractivity contribution in [1.29, 1.82) is 0 Å². The van der Waals surface area contributed by atoms with Gasteiger partial charge in [-0.3, -0.25) is 4.72 Å². The second-order valence-corrected chi connectivity index (χ2v) is 9.86. The first-order chi connectivity index (χ1) is 16.6. The Morgan fingerprint density at radius 3 is 2.54 bits per heavy atom. The van der Waals surface area contributed by atoms with Crippen LogP contribution in [0.15, 0.2) is 42.6 Å². The molecule has 0 radical (unpaired) electrons. The minimum absolute atomic E-state index is 0.111. The number of nitrogens with zero attached hydrogens (tertiary/aromatic N) is 3. The second-order valence-electron chi connectivity index (χ2n) is 8.02. The summed E-state index contributed by atoms with van der Waals surface area (Å²) in [6.07, 6.45) is 1.97. The molecule has 0 aliphatic rings. The van der Waals surface area contributed by atoms with Crippen molar-refractivity contribution in [1.82, 2.24) is 15.0 Å². The van der Waals surface area contributed by atoms with Crippen LogP contribution in [0.4, 0.5) is 21.7 Å². The van der Waals surface area contributed by atoms with Gasteiger partial charge in [-0.25, -0.2) is 27.8 Å². The number of ether oxygens (including phenoxy) is 1. The minimum Gasteiger partial charge on any atom is -0.494 e. The fourth-order valence-corrected chi connectivity index (χ4v) is 4.82. The third-order valence-electron chi connectivity index (χ3n) is 5.44. The van der Waals surface area contributed by atoms with E-state index in [9.17, 15) is 8.42 Å². The van der Waals surface area contributed by atoms with Crippen LogP contribution in [0.1, 0.15) is 18.9 Å². The Hall–Kier alpha value is -3.99. The number of hydrogen-bond acceptors (Lipinski definition) is 8. The number of anilines is 3. The van der Waals surface area contributed by atoms with E-state index in [-0.39, 0.29) is 22.8 Å². The summed E-state index contributed by atoms with van der Waals surface area (Å²) in [6.45, 7) is 3.56. The summed E-state index contributed by atoms with van der Waals surface area (Å²) in [5.41, 5.74) is 14.4. The lowest BCUT2D eigenvalue weighted by Gasteiger charge is -2.14. The van der Waals surface area contributed by atoms with Gasteiger partial charge in [-0.15, -0.1) is 0 Å². The predicted molar refractivity (Wildman–Crippen MR) is 136 cm³/mol. The predicted octanol–water partition coefficient (Wildman–Crippen LogP) is 4.13. The average molecular weight is 497 g/mol. The Kier molecular flexibility index (Phi) is 6.44. The van der Waals surface area contributed by atoms with Crippen LogP contribution in [0.5, 0.6) is 5.75 Å². The number of hydrogen-bond donors (Lipinski definition) is 3. The van der Waals surface area contributed by atoms with Crippen LogP contribution in [-0.4, -0.2) is 36.2 Å². The molecule has 0 bridgehead atoms. The molecule has 0 saturated carbocycles. The Morgan fingerprint density at radius 2 is 1.86 bits per heavy atom. The SMILES string of the molecule is CCCS(=O)(=O)Nc1cccc(-c2cc(OC)c3nc(-c4cnc(N)c(C)c4)nc(N)c3c2)c1F. The lowest BCUT2D eigenvalue weighted by Crippen LogP contribution is -2.17. The first-order valence-electron chi connectivity index (χ1n) is 10.8. The van der Waals surface area contributed by atoms with Crippen molar-refractivity contribution >= 4 is 38.2 Å². The number of benzene rings is 2.